The lowest BCUT2D eigenvalue weighted by Crippen LogP contribution is -2.33. The van der Waals surface area contributed by atoms with E-state index in [1.54, 1.807) is 0 Å². The van der Waals surface area contributed by atoms with E-state index in [0.29, 0.717) is 18.1 Å². The van der Waals surface area contributed by atoms with Crippen molar-refractivity contribution in [1.29, 1.82) is 0 Å². The largest absolute Gasteiger partial charge is 0.475 e. The van der Waals surface area contributed by atoms with Crippen molar-refractivity contribution >= 4 is 5.90 Å². The Bertz CT molecular complexity index is 188. The van der Waals surface area contributed by atoms with E-state index in [9.17, 15) is 0 Å². The van der Waals surface area contributed by atoms with Gasteiger partial charge in [-0.3, -0.25) is 0 Å². The van der Waals surface area contributed by atoms with Crippen LogP contribution in [0.4, 0.5) is 0 Å². The highest BCUT2D eigenvalue weighted by molar-refractivity contribution is 5.75. The van der Waals surface area contributed by atoms with Gasteiger partial charge in [-0.05, 0) is 18.8 Å². The van der Waals surface area contributed by atoms with Crippen LogP contribution in [0, 0.1) is 5.92 Å². The average molecular weight is 153 g/mol. The van der Waals surface area contributed by atoms with E-state index >= 15 is 0 Å². The summed E-state index contributed by atoms with van der Waals surface area (Å²) in [6, 6.07) is 0.485. The smallest absolute Gasteiger partial charge is 0.180 e. The normalized spacial score (nSPS) is 42.7. The molecule has 0 saturated heterocycles. The first-order valence-electron chi connectivity index (χ1n) is 4.48. The van der Waals surface area contributed by atoms with E-state index in [-0.39, 0.29) is 0 Å². The Balaban J connectivity index is 2.10. The van der Waals surface area contributed by atoms with E-state index in [1.165, 1.54) is 19.3 Å². The second-order valence-electron chi connectivity index (χ2n) is 3.71. The molecule has 1 fully saturated rings. The molecule has 1 saturated carbocycles. The summed E-state index contributed by atoms with van der Waals surface area (Å²) in [7, 11) is 0. The number of fused-ring (bicyclic) bond motifs is 1. The molecule has 1 aliphatic carbocycles. The molecule has 2 aliphatic rings. The molecule has 0 spiro atoms. The van der Waals surface area contributed by atoms with E-state index in [0.717, 1.165) is 5.90 Å². The van der Waals surface area contributed by atoms with Gasteiger partial charge in [0.1, 0.15) is 6.10 Å². The summed E-state index contributed by atoms with van der Waals surface area (Å²) in [5, 5.41) is 0. The SMILES string of the molecule is CC1=NC2CCCC(C)C2O1. The molecule has 3 unspecified atom stereocenters. The molecule has 0 aromatic carbocycles. The third kappa shape index (κ3) is 1.15. The van der Waals surface area contributed by atoms with Gasteiger partial charge in [0.2, 0.25) is 0 Å². The molecule has 0 radical (unpaired) electrons. The molecule has 11 heavy (non-hydrogen) atoms. The van der Waals surface area contributed by atoms with Crippen LogP contribution in [0.2, 0.25) is 0 Å². The average Bonchev–Trinajstić information content (AvgIpc) is 2.31. The van der Waals surface area contributed by atoms with Crippen molar-refractivity contribution in [2.24, 2.45) is 10.9 Å². The predicted molar refractivity (Wildman–Crippen MR) is 44.8 cm³/mol. The van der Waals surface area contributed by atoms with Crippen molar-refractivity contribution < 1.29 is 4.74 Å². The number of nitrogens with zero attached hydrogens (tertiary/aromatic N) is 1. The molecular weight excluding hydrogens is 138 g/mol. The monoisotopic (exact) mass is 153 g/mol. The highest BCUT2D eigenvalue weighted by Gasteiger charge is 2.36. The van der Waals surface area contributed by atoms with Crippen LogP contribution >= 0.6 is 0 Å². The van der Waals surface area contributed by atoms with Crippen molar-refractivity contribution in [3.63, 3.8) is 0 Å². The minimum Gasteiger partial charge on any atom is -0.475 e. The number of aliphatic imine (C=N–C) groups is 1. The molecular formula is C9H15NO. The summed E-state index contributed by atoms with van der Waals surface area (Å²) in [6.45, 7) is 4.23. The standard InChI is InChI=1S/C9H15NO/c1-6-4-3-5-8-9(6)11-7(2)10-8/h6,8-9H,3-5H2,1-2H3. The molecule has 62 valence electrons. The highest BCUT2D eigenvalue weighted by atomic mass is 16.5. The summed E-state index contributed by atoms with van der Waals surface area (Å²) in [6.07, 6.45) is 4.27. The Labute approximate surface area is 67.7 Å². The summed E-state index contributed by atoms with van der Waals surface area (Å²) in [5.41, 5.74) is 0. The fourth-order valence-corrected chi connectivity index (χ4v) is 2.15. The van der Waals surface area contributed by atoms with Crippen LogP contribution in [-0.2, 0) is 4.74 Å². The maximum atomic E-state index is 5.63. The van der Waals surface area contributed by atoms with Crippen molar-refractivity contribution in [3.8, 4) is 0 Å². The molecule has 2 rings (SSSR count). The molecule has 0 amide bonds. The van der Waals surface area contributed by atoms with E-state index in [2.05, 4.69) is 11.9 Å². The van der Waals surface area contributed by atoms with Crippen LogP contribution in [0.3, 0.4) is 0 Å². The quantitative estimate of drug-likeness (QED) is 0.521. The van der Waals surface area contributed by atoms with Gasteiger partial charge in [-0.15, -0.1) is 0 Å². The second-order valence-corrected chi connectivity index (χ2v) is 3.71. The molecule has 0 N–H and O–H groups in total. The summed E-state index contributed by atoms with van der Waals surface area (Å²) >= 11 is 0. The van der Waals surface area contributed by atoms with Crippen LogP contribution in [0.25, 0.3) is 0 Å². The van der Waals surface area contributed by atoms with Gasteiger partial charge in [-0.25, -0.2) is 4.99 Å². The Hall–Kier alpha value is -0.530. The molecule has 2 nitrogen and oxygen atoms in total. The van der Waals surface area contributed by atoms with Crippen molar-refractivity contribution in [2.45, 2.75) is 45.3 Å². The maximum Gasteiger partial charge on any atom is 0.180 e. The molecule has 3 atom stereocenters. The number of ether oxygens (including phenoxy) is 1. The lowest BCUT2D eigenvalue weighted by atomic mass is 9.85. The van der Waals surface area contributed by atoms with Crippen LogP contribution in [-0.4, -0.2) is 18.0 Å². The van der Waals surface area contributed by atoms with Crippen molar-refractivity contribution in [1.82, 2.24) is 0 Å². The number of rotatable bonds is 0. The topological polar surface area (TPSA) is 21.6 Å². The van der Waals surface area contributed by atoms with E-state index in [1.807, 2.05) is 6.92 Å². The number of hydrogen-bond acceptors (Lipinski definition) is 2. The molecule has 1 aliphatic heterocycles. The van der Waals surface area contributed by atoms with Gasteiger partial charge in [0.15, 0.2) is 5.90 Å². The third-order valence-corrected chi connectivity index (χ3v) is 2.75. The third-order valence-electron chi connectivity index (χ3n) is 2.75. The van der Waals surface area contributed by atoms with Gasteiger partial charge in [0, 0.05) is 6.92 Å². The van der Waals surface area contributed by atoms with E-state index < -0.39 is 0 Å². The Morgan fingerprint density at radius 3 is 3.00 bits per heavy atom. The highest BCUT2D eigenvalue weighted by Crippen LogP contribution is 2.32. The molecule has 2 heteroatoms. The zero-order valence-corrected chi connectivity index (χ0v) is 7.21. The number of hydrogen-bond donors (Lipinski definition) is 0. The summed E-state index contributed by atoms with van der Waals surface area (Å²) in [5.74, 6) is 1.60. The molecule has 1 heterocycles. The van der Waals surface area contributed by atoms with Crippen LogP contribution in [0.5, 0.6) is 0 Å². The van der Waals surface area contributed by atoms with Crippen molar-refractivity contribution in [2.75, 3.05) is 0 Å². The molecule has 0 aromatic heterocycles. The van der Waals surface area contributed by atoms with Gasteiger partial charge in [-0.1, -0.05) is 13.3 Å². The minimum atomic E-state index is 0.406. The van der Waals surface area contributed by atoms with Crippen molar-refractivity contribution in [3.05, 3.63) is 0 Å². The van der Waals surface area contributed by atoms with Gasteiger partial charge in [0.05, 0.1) is 6.04 Å². The van der Waals surface area contributed by atoms with E-state index in [4.69, 9.17) is 4.74 Å². The fourth-order valence-electron chi connectivity index (χ4n) is 2.15. The lowest BCUT2D eigenvalue weighted by Gasteiger charge is -2.28. The van der Waals surface area contributed by atoms with Crippen LogP contribution < -0.4 is 0 Å². The maximum absolute atomic E-state index is 5.63. The first-order chi connectivity index (χ1) is 5.27. The zero-order valence-electron chi connectivity index (χ0n) is 7.21. The fraction of sp³-hybridized carbons (Fsp3) is 0.889. The summed E-state index contributed by atoms with van der Waals surface area (Å²) in [4.78, 5) is 4.46. The van der Waals surface area contributed by atoms with Crippen LogP contribution in [0.15, 0.2) is 4.99 Å². The Kier molecular flexibility index (Phi) is 1.63. The predicted octanol–water partition coefficient (Wildman–Crippen LogP) is 1.99. The minimum absolute atomic E-state index is 0.406. The molecule has 0 bridgehead atoms. The van der Waals surface area contributed by atoms with Gasteiger partial charge < -0.3 is 4.74 Å². The first-order valence-corrected chi connectivity index (χ1v) is 4.48. The molecule has 0 aromatic rings. The van der Waals surface area contributed by atoms with Gasteiger partial charge in [0.25, 0.3) is 0 Å². The lowest BCUT2D eigenvalue weighted by molar-refractivity contribution is 0.0983. The first kappa shape index (κ1) is 7.14. The summed E-state index contributed by atoms with van der Waals surface area (Å²) < 4.78 is 5.63. The second kappa shape index (κ2) is 2.50. The van der Waals surface area contributed by atoms with Crippen LogP contribution in [0.1, 0.15) is 33.1 Å². The Morgan fingerprint density at radius 2 is 2.27 bits per heavy atom. The Morgan fingerprint density at radius 1 is 1.45 bits per heavy atom. The van der Waals surface area contributed by atoms with Gasteiger partial charge >= 0.3 is 0 Å². The zero-order chi connectivity index (χ0) is 7.84. The van der Waals surface area contributed by atoms with Gasteiger partial charge in [-0.2, -0.15) is 0 Å².